The molecule has 1 N–H and O–H groups in total. The minimum Gasteiger partial charge on any atom is -0.394 e. The smallest absolute Gasteiger partial charge is 0.341 e. The fourth-order valence-corrected chi connectivity index (χ4v) is 7.48. The van der Waals surface area contributed by atoms with Crippen LogP contribution in [-0.2, 0) is 8.85 Å². The van der Waals surface area contributed by atoms with Crippen molar-refractivity contribution >= 4 is 8.56 Å². The van der Waals surface area contributed by atoms with Crippen LogP contribution in [0.2, 0.25) is 11.6 Å². The van der Waals surface area contributed by atoms with Gasteiger partial charge in [0.25, 0.3) is 0 Å². The number of nitrogens with one attached hydrogen (secondary N) is 1. The monoisotopic (exact) mass is 273 g/mol. The summed E-state index contributed by atoms with van der Waals surface area (Å²) in [5, 5.41) is 3.54. The van der Waals surface area contributed by atoms with Crippen molar-refractivity contribution in [2.24, 2.45) is 5.92 Å². The molecule has 0 amide bonds. The molecule has 1 saturated heterocycles. The normalized spacial score (nSPS) is 23.0. The Hall–Kier alpha value is 0.0969. The van der Waals surface area contributed by atoms with Gasteiger partial charge >= 0.3 is 8.56 Å². The molecular formula is C14H31NO2Si. The third-order valence-electron chi connectivity index (χ3n) is 4.18. The largest absolute Gasteiger partial charge is 0.394 e. The average Bonchev–Trinajstić information content (AvgIpc) is 2.41. The average molecular weight is 273 g/mol. The summed E-state index contributed by atoms with van der Waals surface area (Å²) >= 11 is 0. The van der Waals surface area contributed by atoms with Gasteiger partial charge < -0.3 is 14.2 Å². The second-order valence-electron chi connectivity index (χ2n) is 5.15. The molecule has 1 aliphatic heterocycles. The maximum atomic E-state index is 6.21. The Kier molecular flexibility index (Phi) is 7.45. The minimum atomic E-state index is -2.03. The van der Waals surface area contributed by atoms with Crippen LogP contribution in [0, 0.1) is 5.92 Å². The van der Waals surface area contributed by atoms with Crippen molar-refractivity contribution in [1.82, 2.24) is 5.32 Å². The Morgan fingerprint density at radius 3 is 2.22 bits per heavy atom. The molecule has 0 aromatic rings. The van der Waals surface area contributed by atoms with E-state index in [1.54, 1.807) is 0 Å². The van der Waals surface area contributed by atoms with E-state index in [1.807, 2.05) is 0 Å². The van der Waals surface area contributed by atoms with Gasteiger partial charge in [-0.2, -0.15) is 0 Å². The number of piperidine rings is 1. The predicted molar refractivity (Wildman–Crippen MR) is 79.1 cm³/mol. The zero-order valence-corrected chi connectivity index (χ0v) is 13.6. The van der Waals surface area contributed by atoms with E-state index >= 15 is 0 Å². The molecule has 3 nitrogen and oxygen atoms in total. The van der Waals surface area contributed by atoms with Gasteiger partial charge in [0.1, 0.15) is 0 Å². The van der Waals surface area contributed by atoms with E-state index in [1.165, 1.54) is 25.8 Å². The van der Waals surface area contributed by atoms with Gasteiger partial charge in [-0.15, -0.1) is 0 Å². The van der Waals surface area contributed by atoms with E-state index in [4.69, 9.17) is 8.85 Å². The zero-order valence-electron chi connectivity index (χ0n) is 12.6. The molecule has 0 aromatic carbocycles. The van der Waals surface area contributed by atoms with Crippen LogP contribution in [0.5, 0.6) is 0 Å². The summed E-state index contributed by atoms with van der Waals surface area (Å²) in [5.41, 5.74) is 0.634. The molecule has 0 radical (unpaired) electrons. The summed E-state index contributed by atoms with van der Waals surface area (Å²) in [4.78, 5) is 0. The molecule has 0 bridgehead atoms. The van der Waals surface area contributed by atoms with Crippen molar-refractivity contribution in [3.05, 3.63) is 0 Å². The summed E-state index contributed by atoms with van der Waals surface area (Å²) in [6.45, 7) is 12.6. The highest BCUT2D eigenvalue weighted by molar-refractivity contribution is 6.69. The first-order valence-electron chi connectivity index (χ1n) is 7.72. The lowest BCUT2D eigenvalue weighted by atomic mass is 9.94. The van der Waals surface area contributed by atoms with Gasteiger partial charge in [-0.05, 0) is 51.7 Å². The van der Waals surface area contributed by atoms with E-state index in [0.29, 0.717) is 5.54 Å². The fraction of sp³-hybridized carbons (Fsp3) is 1.00. The molecular weight excluding hydrogens is 242 g/mol. The maximum absolute atomic E-state index is 6.21. The Morgan fingerprint density at radius 2 is 1.83 bits per heavy atom. The summed E-state index contributed by atoms with van der Waals surface area (Å²) in [7, 11) is -2.03. The molecule has 2 atom stereocenters. The molecule has 4 heteroatoms. The Bertz CT molecular complexity index is 214. The third-order valence-corrected chi connectivity index (χ3v) is 8.73. The molecule has 2 unspecified atom stereocenters. The third kappa shape index (κ3) is 3.79. The van der Waals surface area contributed by atoms with Crippen molar-refractivity contribution < 1.29 is 8.85 Å². The first-order chi connectivity index (χ1) is 8.74. The predicted octanol–water partition coefficient (Wildman–Crippen LogP) is 3.30. The van der Waals surface area contributed by atoms with Crippen LogP contribution in [0.3, 0.4) is 0 Å². The Labute approximate surface area is 114 Å². The summed E-state index contributed by atoms with van der Waals surface area (Å²) in [6.07, 6.45) is 3.82. The topological polar surface area (TPSA) is 30.5 Å². The zero-order chi connectivity index (χ0) is 13.4. The van der Waals surface area contributed by atoms with Gasteiger partial charge in [0.2, 0.25) is 0 Å². The van der Waals surface area contributed by atoms with Gasteiger partial charge in [-0.25, -0.2) is 0 Å². The van der Waals surface area contributed by atoms with Crippen LogP contribution in [0.4, 0.5) is 0 Å². The maximum Gasteiger partial charge on any atom is 0.341 e. The highest BCUT2D eigenvalue weighted by atomic mass is 28.4. The molecule has 0 aliphatic carbocycles. The molecule has 1 aliphatic rings. The van der Waals surface area contributed by atoms with E-state index < -0.39 is 8.56 Å². The Balaban J connectivity index is 2.82. The Morgan fingerprint density at radius 1 is 1.17 bits per heavy atom. The summed E-state index contributed by atoms with van der Waals surface area (Å²) in [5.74, 6) is 0.744. The van der Waals surface area contributed by atoms with Crippen LogP contribution >= 0.6 is 0 Å². The van der Waals surface area contributed by atoms with Crippen molar-refractivity contribution in [1.29, 1.82) is 0 Å². The van der Waals surface area contributed by atoms with E-state index in [9.17, 15) is 0 Å². The quantitative estimate of drug-likeness (QED) is 0.688. The van der Waals surface area contributed by atoms with Gasteiger partial charge in [0.15, 0.2) is 0 Å². The van der Waals surface area contributed by atoms with Crippen LogP contribution in [0.1, 0.15) is 47.0 Å². The first-order valence-corrected chi connectivity index (χ1v) is 9.82. The van der Waals surface area contributed by atoms with Crippen LogP contribution in [0.15, 0.2) is 0 Å². The number of rotatable bonds is 8. The van der Waals surface area contributed by atoms with Crippen LogP contribution in [-0.4, -0.2) is 34.9 Å². The fourth-order valence-electron chi connectivity index (χ4n) is 3.44. The van der Waals surface area contributed by atoms with Gasteiger partial charge in [0, 0.05) is 18.8 Å². The van der Waals surface area contributed by atoms with E-state index in [2.05, 4.69) is 33.0 Å². The lowest BCUT2D eigenvalue weighted by Crippen LogP contribution is -2.51. The van der Waals surface area contributed by atoms with Crippen LogP contribution < -0.4 is 5.32 Å². The van der Waals surface area contributed by atoms with Crippen molar-refractivity contribution in [3.63, 3.8) is 0 Å². The number of hydrogen-bond acceptors (Lipinski definition) is 3. The molecule has 0 saturated carbocycles. The highest BCUT2D eigenvalue weighted by Gasteiger charge is 2.46. The minimum absolute atomic E-state index is 0.634. The summed E-state index contributed by atoms with van der Waals surface area (Å²) in [6, 6.07) is 1.07. The highest BCUT2D eigenvalue weighted by Crippen LogP contribution is 2.40. The van der Waals surface area contributed by atoms with Crippen LogP contribution in [0.25, 0.3) is 0 Å². The molecule has 0 spiro atoms. The molecule has 1 rings (SSSR count). The lowest BCUT2D eigenvalue weighted by molar-refractivity contribution is 0.156. The molecule has 1 heterocycles. The van der Waals surface area contributed by atoms with Crippen molar-refractivity contribution in [3.8, 4) is 0 Å². The molecule has 18 heavy (non-hydrogen) atoms. The molecule has 1 fully saturated rings. The van der Waals surface area contributed by atoms with E-state index in [0.717, 1.165) is 31.7 Å². The van der Waals surface area contributed by atoms with Crippen molar-refractivity contribution in [2.75, 3.05) is 26.3 Å². The van der Waals surface area contributed by atoms with Crippen molar-refractivity contribution in [2.45, 2.75) is 58.5 Å². The van der Waals surface area contributed by atoms with E-state index in [-0.39, 0.29) is 0 Å². The standard InChI is InChI=1S/C14H31NO2Si/c1-5-14(13-10-9-11-15-12-13)18(8-4,16-6-2)17-7-3/h13-15H,5-12H2,1-4H3. The second kappa shape index (κ2) is 8.30. The van der Waals surface area contributed by atoms with Gasteiger partial charge in [-0.1, -0.05) is 20.3 Å². The summed E-state index contributed by atoms with van der Waals surface area (Å²) < 4.78 is 12.4. The second-order valence-corrected chi connectivity index (χ2v) is 8.80. The van der Waals surface area contributed by atoms with Gasteiger partial charge in [-0.3, -0.25) is 0 Å². The SMILES string of the molecule is CCO[Si](CC)(OCC)C(CC)C1CCCNC1. The lowest BCUT2D eigenvalue weighted by Gasteiger charge is -2.41. The van der Waals surface area contributed by atoms with Gasteiger partial charge in [0.05, 0.1) is 0 Å². The number of hydrogen-bond donors (Lipinski definition) is 1. The molecule has 0 aromatic heterocycles. The first kappa shape index (κ1) is 16.2. The molecule has 108 valence electrons.